The zero-order valence-corrected chi connectivity index (χ0v) is 13.5. The van der Waals surface area contributed by atoms with Crippen LogP contribution in [-0.4, -0.2) is 51.4 Å². The quantitative estimate of drug-likeness (QED) is 0.759. The highest BCUT2D eigenvalue weighted by molar-refractivity contribution is 5.65. The minimum atomic E-state index is 0.120. The summed E-state index contributed by atoms with van der Waals surface area (Å²) in [4.78, 5) is 8.80. The van der Waals surface area contributed by atoms with Gasteiger partial charge in [0.25, 0.3) is 5.78 Å². The molecule has 2 N–H and O–H groups in total. The molecule has 1 aromatic carbocycles. The van der Waals surface area contributed by atoms with Crippen molar-refractivity contribution in [1.82, 2.24) is 24.9 Å². The number of fused-ring (bicyclic) bond motifs is 1. The van der Waals surface area contributed by atoms with Crippen LogP contribution >= 0.6 is 0 Å². The van der Waals surface area contributed by atoms with Gasteiger partial charge in [-0.25, -0.2) is 0 Å². The summed E-state index contributed by atoms with van der Waals surface area (Å²) in [6.07, 6.45) is 1.64. The number of ether oxygens (including phenoxy) is 1. The Morgan fingerprint density at radius 1 is 1.33 bits per heavy atom. The summed E-state index contributed by atoms with van der Waals surface area (Å²) in [7, 11) is 0. The SMILES string of the molecule is CC(Nc1cc(-c2ccccc2)n2ncnc2n1)C1CNCCO1. The van der Waals surface area contributed by atoms with Gasteiger partial charge >= 0.3 is 0 Å². The van der Waals surface area contributed by atoms with Crippen molar-refractivity contribution in [3.05, 3.63) is 42.7 Å². The summed E-state index contributed by atoms with van der Waals surface area (Å²) in [5, 5.41) is 11.1. The fraction of sp³-hybridized carbons (Fsp3) is 0.353. The minimum Gasteiger partial charge on any atom is -0.373 e. The van der Waals surface area contributed by atoms with Crippen molar-refractivity contribution < 1.29 is 4.74 Å². The number of anilines is 1. The number of morpholine rings is 1. The molecule has 1 aliphatic rings. The van der Waals surface area contributed by atoms with Crippen molar-refractivity contribution in [2.45, 2.75) is 19.1 Å². The van der Waals surface area contributed by atoms with E-state index in [9.17, 15) is 0 Å². The van der Waals surface area contributed by atoms with Crippen LogP contribution in [0.25, 0.3) is 17.0 Å². The van der Waals surface area contributed by atoms with E-state index in [0.717, 1.165) is 36.8 Å². The van der Waals surface area contributed by atoms with E-state index in [2.05, 4.69) is 44.8 Å². The van der Waals surface area contributed by atoms with Gasteiger partial charge in [-0.3, -0.25) is 0 Å². The zero-order chi connectivity index (χ0) is 16.4. The van der Waals surface area contributed by atoms with Crippen LogP contribution in [0, 0.1) is 0 Å². The van der Waals surface area contributed by atoms with Crippen molar-refractivity contribution in [3.8, 4) is 11.3 Å². The van der Waals surface area contributed by atoms with Gasteiger partial charge in [-0.2, -0.15) is 19.6 Å². The lowest BCUT2D eigenvalue weighted by Gasteiger charge is -2.29. The predicted octanol–water partition coefficient (Wildman–Crippen LogP) is 1.58. The zero-order valence-electron chi connectivity index (χ0n) is 13.5. The van der Waals surface area contributed by atoms with Gasteiger partial charge in [-0.05, 0) is 6.92 Å². The summed E-state index contributed by atoms with van der Waals surface area (Å²) >= 11 is 0. The van der Waals surface area contributed by atoms with Crippen LogP contribution in [0.2, 0.25) is 0 Å². The molecule has 1 fully saturated rings. The summed E-state index contributed by atoms with van der Waals surface area (Å²) in [6.45, 7) is 4.59. The summed E-state index contributed by atoms with van der Waals surface area (Å²) in [5.41, 5.74) is 2.03. The van der Waals surface area contributed by atoms with Gasteiger partial charge in [0.1, 0.15) is 12.1 Å². The van der Waals surface area contributed by atoms with Gasteiger partial charge in [-0.15, -0.1) is 0 Å². The van der Waals surface area contributed by atoms with Gasteiger partial charge in [0.05, 0.1) is 24.4 Å². The van der Waals surface area contributed by atoms with Crippen LogP contribution in [0.1, 0.15) is 6.92 Å². The maximum Gasteiger partial charge on any atom is 0.254 e. The summed E-state index contributed by atoms with van der Waals surface area (Å²) in [6, 6.07) is 12.3. The molecule has 2 atom stereocenters. The van der Waals surface area contributed by atoms with Crippen molar-refractivity contribution >= 4 is 11.6 Å². The molecule has 2 unspecified atom stereocenters. The number of nitrogens with zero attached hydrogens (tertiary/aromatic N) is 4. The third-order valence-corrected chi connectivity index (χ3v) is 4.21. The lowest BCUT2D eigenvalue weighted by Crippen LogP contribution is -2.46. The topological polar surface area (TPSA) is 76.4 Å². The number of rotatable bonds is 4. The fourth-order valence-electron chi connectivity index (χ4n) is 2.93. The number of benzene rings is 1. The minimum absolute atomic E-state index is 0.120. The van der Waals surface area contributed by atoms with E-state index in [1.54, 1.807) is 4.52 Å². The molecule has 124 valence electrons. The highest BCUT2D eigenvalue weighted by Gasteiger charge is 2.21. The standard InChI is InChI=1S/C17H20N6O/c1-12(15-10-18-7-8-24-15)21-16-9-14(13-5-3-2-4-6-13)23-17(22-16)19-11-20-23/h2-6,9,11-12,15,18H,7-8,10H2,1H3,(H,19,20,21,22). The second kappa shape index (κ2) is 6.54. The Morgan fingerprint density at radius 3 is 3.00 bits per heavy atom. The van der Waals surface area contributed by atoms with Crippen molar-refractivity contribution in [2.75, 3.05) is 25.0 Å². The molecule has 2 aromatic heterocycles. The average molecular weight is 324 g/mol. The first-order chi connectivity index (χ1) is 11.8. The molecule has 0 saturated carbocycles. The predicted molar refractivity (Wildman–Crippen MR) is 91.9 cm³/mol. The van der Waals surface area contributed by atoms with Crippen LogP contribution < -0.4 is 10.6 Å². The number of aromatic nitrogens is 4. The Kier molecular flexibility index (Phi) is 4.10. The van der Waals surface area contributed by atoms with E-state index < -0.39 is 0 Å². The van der Waals surface area contributed by atoms with Crippen LogP contribution in [-0.2, 0) is 4.74 Å². The molecule has 4 rings (SSSR count). The molecule has 3 heterocycles. The molecule has 0 spiro atoms. The van der Waals surface area contributed by atoms with Gasteiger partial charge in [0, 0.05) is 24.7 Å². The fourth-order valence-corrected chi connectivity index (χ4v) is 2.93. The Hall–Kier alpha value is -2.51. The van der Waals surface area contributed by atoms with E-state index in [0.29, 0.717) is 5.78 Å². The molecule has 3 aromatic rings. The highest BCUT2D eigenvalue weighted by atomic mass is 16.5. The highest BCUT2D eigenvalue weighted by Crippen LogP contribution is 2.22. The average Bonchev–Trinajstić information content (AvgIpc) is 3.11. The van der Waals surface area contributed by atoms with Gasteiger partial charge in [-0.1, -0.05) is 30.3 Å². The monoisotopic (exact) mass is 324 g/mol. The molecule has 1 saturated heterocycles. The van der Waals surface area contributed by atoms with Crippen molar-refractivity contribution in [1.29, 1.82) is 0 Å². The lowest BCUT2D eigenvalue weighted by atomic mass is 10.1. The molecule has 0 radical (unpaired) electrons. The van der Waals surface area contributed by atoms with E-state index in [1.165, 1.54) is 6.33 Å². The second-order valence-electron chi connectivity index (χ2n) is 5.91. The Balaban J connectivity index is 1.66. The first-order valence-electron chi connectivity index (χ1n) is 8.16. The lowest BCUT2D eigenvalue weighted by molar-refractivity contribution is 0.0201. The largest absolute Gasteiger partial charge is 0.373 e. The maximum absolute atomic E-state index is 5.81. The molecule has 24 heavy (non-hydrogen) atoms. The van der Waals surface area contributed by atoms with Crippen LogP contribution in [0.3, 0.4) is 0 Å². The number of hydrogen-bond acceptors (Lipinski definition) is 6. The normalized spacial score (nSPS) is 19.3. The van der Waals surface area contributed by atoms with Crippen LogP contribution in [0.5, 0.6) is 0 Å². The van der Waals surface area contributed by atoms with Gasteiger partial charge in [0.2, 0.25) is 0 Å². The first kappa shape index (κ1) is 15.0. The molecule has 7 heteroatoms. The summed E-state index contributed by atoms with van der Waals surface area (Å²) in [5.74, 6) is 1.35. The number of hydrogen-bond donors (Lipinski definition) is 2. The molecule has 7 nitrogen and oxygen atoms in total. The smallest absolute Gasteiger partial charge is 0.254 e. The molecular weight excluding hydrogens is 304 g/mol. The van der Waals surface area contributed by atoms with E-state index in [1.807, 2.05) is 24.3 Å². The van der Waals surface area contributed by atoms with E-state index >= 15 is 0 Å². The molecular formula is C17H20N6O. The molecule has 1 aliphatic heterocycles. The third-order valence-electron chi connectivity index (χ3n) is 4.21. The first-order valence-corrected chi connectivity index (χ1v) is 8.16. The Labute approximate surface area is 140 Å². The molecule has 0 aliphatic carbocycles. The van der Waals surface area contributed by atoms with Crippen molar-refractivity contribution in [2.24, 2.45) is 0 Å². The van der Waals surface area contributed by atoms with E-state index in [-0.39, 0.29) is 12.1 Å². The van der Waals surface area contributed by atoms with Crippen molar-refractivity contribution in [3.63, 3.8) is 0 Å². The van der Waals surface area contributed by atoms with Gasteiger partial charge in [0.15, 0.2) is 0 Å². The molecule has 0 bridgehead atoms. The third kappa shape index (κ3) is 2.95. The Bertz CT molecular complexity index is 812. The number of nitrogens with one attached hydrogen (secondary N) is 2. The van der Waals surface area contributed by atoms with Gasteiger partial charge < -0.3 is 15.4 Å². The van der Waals surface area contributed by atoms with Crippen LogP contribution in [0.4, 0.5) is 5.82 Å². The summed E-state index contributed by atoms with van der Waals surface area (Å²) < 4.78 is 7.57. The Morgan fingerprint density at radius 2 is 2.21 bits per heavy atom. The van der Waals surface area contributed by atoms with E-state index in [4.69, 9.17) is 4.74 Å². The van der Waals surface area contributed by atoms with Crippen LogP contribution in [0.15, 0.2) is 42.7 Å². The second-order valence-corrected chi connectivity index (χ2v) is 5.91. The maximum atomic E-state index is 5.81. The molecule has 0 amide bonds.